The molecule has 4 amide bonds. The first-order valence-electron chi connectivity index (χ1n) is 10.5. The Labute approximate surface area is 189 Å². The van der Waals surface area contributed by atoms with Gasteiger partial charge in [-0.05, 0) is 43.2 Å². The second-order valence-corrected chi connectivity index (χ2v) is 9.73. The lowest BCUT2D eigenvalue weighted by Crippen LogP contribution is -2.45. The zero-order chi connectivity index (χ0) is 22.5. The van der Waals surface area contributed by atoms with Crippen molar-refractivity contribution in [1.29, 1.82) is 0 Å². The summed E-state index contributed by atoms with van der Waals surface area (Å²) in [5.41, 5.74) is 0.0946. The Balaban J connectivity index is 1.39. The fourth-order valence-corrected chi connectivity index (χ4v) is 5.32. The van der Waals surface area contributed by atoms with Crippen LogP contribution in [0.3, 0.4) is 0 Å². The summed E-state index contributed by atoms with van der Waals surface area (Å²) in [4.78, 5) is 43.0. The van der Waals surface area contributed by atoms with Gasteiger partial charge in [0.15, 0.2) is 11.5 Å². The number of amides is 4. The Bertz CT molecular complexity index is 1120. The molecule has 5 rings (SSSR count). The van der Waals surface area contributed by atoms with Crippen LogP contribution in [-0.2, 0) is 15.1 Å². The van der Waals surface area contributed by atoms with E-state index in [0.29, 0.717) is 28.9 Å². The standard InChI is InChI=1S/C23H23N3O5S/c1-14-9-10-25(16-5-3-4-6-19(16)32-14)20(27)12-26-21(28)23(2,24-22(26)29)15-7-8-17-18(11-15)31-13-30-17/h3-8,11,14H,9-10,12-13H2,1-2H3,(H,24,29). The molecule has 0 radical (unpaired) electrons. The van der Waals surface area contributed by atoms with Crippen molar-refractivity contribution < 1.29 is 23.9 Å². The molecule has 2 aromatic carbocycles. The summed E-state index contributed by atoms with van der Waals surface area (Å²) in [5.74, 6) is 0.354. The first kappa shape index (κ1) is 20.7. The van der Waals surface area contributed by atoms with Gasteiger partial charge in [-0.15, -0.1) is 11.8 Å². The SMILES string of the molecule is CC1CCN(C(=O)CN2C(=O)NC(C)(c3ccc4c(c3)OCO4)C2=O)c2ccccc2S1. The van der Waals surface area contributed by atoms with E-state index >= 15 is 0 Å². The average molecular weight is 454 g/mol. The highest BCUT2D eigenvalue weighted by Gasteiger charge is 2.50. The zero-order valence-electron chi connectivity index (χ0n) is 17.8. The molecule has 1 saturated heterocycles. The number of ether oxygens (including phenoxy) is 2. The average Bonchev–Trinajstić information content (AvgIpc) is 3.27. The number of benzene rings is 2. The summed E-state index contributed by atoms with van der Waals surface area (Å²) in [6.45, 7) is 4.09. The van der Waals surface area contributed by atoms with Crippen molar-refractivity contribution in [2.75, 3.05) is 24.8 Å². The van der Waals surface area contributed by atoms with E-state index in [1.807, 2.05) is 24.3 Å². The summed E-state index contributed by atoms with van der Waals surface area (Å²) >= 11 is 1.73. The molecule has 1 fully saturated rings. The lowest BCUT2D eigenvalue weighted by atomic mass is 9.91. The summed E-state index contributed by atoms with van der Waals surface area (Å²) < 4.78 is 10.7. The first-order chi connectivity index (χ1) is 15.4. The number of rotatable bonds is 3. The van der Waals surface area contributed by atoms with Crippen molar-refractivity contribution in [2.24, 2.45) is 0 Å². The molecule has 8 nitrogen and oxygen atoms in total. The summed E-state index contributed by atoms with van der Waals surface area (Å²) in [6.07, 6.45) is 0.820. The van der Waals surface area contributed by atoms with E-state index in [1.165, 1.54) is 0 Å². The van der Waals surface area contributed by atoms with Crippen molar-refractivity contribution in [1.82, 2.24) is 10.2 Å². The minimum absolute atomic E-state index is 0.116. The fourth-order valence-electron chi connectivity index (χ4n) is 4.21. The van der Waals surface area contributed by atoms with Gasteiger partial charge in [0.2, 0.25) is 12.7 Å². The smallest absolute Gasteiger partial charge is 0.325 e. The van der Waals surface area contributed by atoms with Crippen LogP contribution in [0.4, 0.5) is 10.5 Å². The molecule has 0 aliphatic carbocycles. The minimum atomic E-state index is -1.29. The summed E-state index contributed by atoms with van der Waals surface area (Å²) in [6, 6.07) is 12.3. The molecular formula is C23H23N3O5S. The summed E-state index contributed by atoms with van der Waals surface area (Å²) in [7, 11) is 0. The number of hydrogen-bond donors (Lipinski definition) is 1. The molecule has 3 aliphatic heterocycles. The molecular weight excluding hydrogens is 430 g/mol. The van der Waals surface area contributed by atoms with Gasteiger partial charge >= 0.3 is 6.03 Å². The number of hydrogen-bond acceptors (Lipinski definition) is 6. The van der Waals surface area contributed by atoms with Gasteiger partial charge in [0.1, 0.15) is 12.1 Å². The maximum Gasteiger partial charge on any atom is 0.325 e. The second-order valence-electron chi connectivity index (χ2n) is 8.24. The number of imide groups is 1. The van der Waals surface area contributed by atoms with Crippen molar-refractivity contribution in [3.63, 3.8) is 0 Å². The fraction of sp³-hybridized carbons (Fsp3) is 0.348. The predicted molar refractivity (Wildman–Crippen MR) is 119 cm³/mol. The number of fused-ring (bicyclic) bond motifs is 2. The highest BCUT2D eigenvalue weighted by atomic mass is 32.2. The van der Waals surface area contributed by atoms with Crippen LogP contribution in [0, 0.1) is 0 Å². The minimum Gasteiger partial charge on any atom is -0.454 e. The topological polar surface area (TPSA) is 88.2 Å². The van der Waals surface area contributed by atoms with E-state index in [4.69, 9.17) is 9.47 Å². The maximum atomic E-state index is 13.3. The van der Waals surface area contributed by atoms with Crippen LogP contribution < -0.4 is 19.7 Å². The number of carbonyl (C=O) groups is 3. The number of carbonyl (C=O) groups excluding carboxylic acids is 3. The van der Waals surface area contributed by atoms with Crippen LogP contribution in [0.15, 0.2) is 47.4 Å². The van der Waals surface area contributed by atoms with E-state index in [2.05, 4.69) is 12.2 Å². The van der Waals surface area contributed by atoms with Crippen LogP contribution in [0.25, 0.3) is 0 Å². The molecule has 0 saturated carbocycles. The first-order valence-corrected chi connectivity index (χ1v) is 11.3. The van der Waals surface area contributed by atoms with E-state index in [9.17, 15) is 14.4 Å². The molecule has 32 heavy (non-hydrogen) atoms. The van der Waals surface area contributed by atoms with Gasteiger partial charge in [0.25, 0.3) is 5.91 Å². The van der Waals surface area contributed by atoms with E-state index in [-0.39, 0.29) is 19.2 Å². The predicted octanol–water partition coefficient (Wildman–Crippen LogP) is 3.10. The van der Waals surface area contributed by atoms with E-state index in [1.54, 1.807) is 41.8 Å². The Morgan fingerprint density at radius 1 is 1.19 bits per heavy atom. The van der Waals surface area contributed by atoms with Gasteiger partial charge in [-0.25, -0.2) is 4.79 Å². The maximum absolute atomic E-state index is 13.3. The number of nitrogens with one attached hydrogen (secondary N) is 1. The number of anilines is 1. The van der Waals surface area contributed by atoms with Crippen molar-refractivity contribution in [3.8, 4) is 11.5 Å². The molecule has 166 valence electrons. The largest absolute Gasteiger partial charge is 0.454 e. The number of para-hydroxylation sites is 1. The third kappa shape index (κ3) is 3.37. The lowest BCUT2D eigenvalue weighted by Gasteiger charge is -2.25. The molecule has 2 unspecified atom stereocenters. The molecule has 2 aromatic rings. The van der Waals surface area contributed by atoms with Crippen LogP contribution in [0.1, 0.15) is 25.8 Å². The number of urea groups is 1. The Morgan fingerprint density at radius 2 is 1.97 bits per heavy atom. The quantitative estimate of drug-likeness (QED) is 0.719. The second kappa shape index (κ2) is 7.74. The van der Waals surface area contributed by atoms with Crippen LogP contribution in [0.2, 0.25) is 0 Å². The van der Waals surface area contributed by atoms with Gasteiger partial charge < -0.3 is 19.7 Å². The summed E-state index contributed by atoms with van der Waals surface area (Å²) in [5, 5.41) is 3.11. The van der Waals surface area contributed by atoms with Crippen LogP contribution in [-0.4, -0.2) is 47.9 Å². The number of thioether (sulfide) groups is 1. The third-order valence-corrected chi connectivity index (χ3v) is 7.30. The van der Waals surface area contributed by atoms with Gasteiger partial charge in [-0.2, -0.15) is 0 Å². The monoisotopic (exact) mass is 453 g/mol. The van der Waals surface area contributed by atoms with E-state index in [0.717, 1.165) is 21.9 Å². The Hall–Kier alpha value is -3.20. The zero-order valence-corrected chi connectivity index (χ0v) is 18.6. The van der Waals surface area contributed by atoms with Crippen molar-refractivity contribution >= 4 is 35.3 Å². The Morgan fingerprint density at radius 3 is 2.81 bits per heavy atom. The van der Waals surface area contributed by atoms with E-state index < -0.39 is 17.5 Å². The molecule has 2 atom stereocenters. The molecule has 3 heterocycles. The molecule has 0 spiro atoms. The third-order valence-electron chi connectivity index (χ3n) is 6.06. The van der Waals surface area contributed by atoms with Gasteiger partial charge in [-0.3, -0.25) is 14.5 Å². The van der Waals surface area contributed by atoms with Gasteiger partial charge in [0, 0.05) is 16.7 Å². The number of nitrogens with zero attached hydrogens (tertiary/aromatic N) is 2. The van der Waals surface area contributed by atoms with Gasteiger partial charge in [0.05, 0.1) is 5.69 Å². The molecule has 0 bridgehead atoms. The van der Waals surface area contributed by atoms with Crippen molar-refractivity contribution in [2.45, 2.75) is 36.0 Å². The lowest BCUT2D eigenvalue weighted by molar-refractivity contribution is -0.134. The van der Waals surface area contributed by atoms with Crippen LogP contribution in [0.5, 0.6) is 11.5 Å². The highest BCUT2D eigenvalue weighted by Crippen LogP contribution is 2.39. The highest BCUT2D eigenvalue weighted by molar-refractivity contribution is 8.00. The van der Waals surface area contributed by atoms with Gasteiger partial charge in [-0.1, -0.05) is 25.1 Å². The molecule has 0 aromatic heterocycles. The molecule has 1 N–H and O–H groups in total. The Kier molecular flexibility index (Phi) is 5.00. The normalized spacial score (nSPS) is 24.2. The molecule has 3 aliphatic rings. The molecule has 9 heteroatoms. The van der Waals surface area contributed by atoms with Crippen LogP contribution >= 0.6 is 11.8 Å². The van der Waals surface area contributed by atoms with Crippen molar-refractivity contribution in [3.05, 3.63) is 48.0 Å².